The molecule has 0 aliphatic carbocycles. The fraction of sp³-hybridized carbons (Fsp3) is 0.167. The van der Waals surface area contributed by atoms with Crippen molar-refractivity contribution in [3.63, 3.8) is 0 Å². The van der Waals surface area contributed by atoms with E-state index in [1.807, 2.05) is 42.5 Å². The number of nitrogens with one attached hydrogen (secondary N) is 1. The Bertz CT molecular complexity index is 779. The maximum Gasteiger partial charge on any atom is 0.255 e. The summed E-state index contributed by atoms with van der Waals surface area (Å²) < 4.78 is 1.74. The molecule has 0 spiro atoms. The van der Waals surface area contributed by atoms with Gasteiger partial charge >= 0.3 is 0 Å². The van der Waals surface area contributed by atoms with Crippen molar-refractivity contribution in [2.45, 2.75) is 19.9 Å². The molecule has 2 aromatic carbocycles. The molecule has 0 fully saturated rings. The van der Waals surface area contributed by atoms with Gasteiger partial charge in [0.25, 0.3) is 5.91 Å². The first-order valence-electron chi connectivity index (χ1n) is 7.56. The van der Waals surface area contributed by atoms with E-state index in [0.717, 1.165) is 17.7 Å². The number of amides is 1. The van der Waals surface area contributed by atoms with Crippen LogP contribution in [0, 0.1) is 0 Å². The monoisotopic (exact) mass is 306 g/mol. The van der Waals surface area contributed by atoms with Crippen LogP contribution >= 0.6 is 0 Å². The topological polar surface area (TPSA) is 59.8 Å². The van der Waals surface area contributed by atoms with Gasteiger partial charge in [-0.2, -0.15) is 5.10 Å². The first kappa shape index (κ1) is 15.0. The molecule has 5 heteroatoms. The van der Waals surface area contributed by atoms with Crippen LogP contribution in [0.25, 0.3) is 0 Å². The maximum atomic E-state index is 12.3. The highest BCUT2D eigenvalue weighted by Gasteiger charge is 2.06. The molecule has 0 aliphatic rings. The summed E-state index contributed by atoms with van der Waals surface area (Å²) in [6.07, 6.45) is 4.12. The van der Waals surface area contributed by atoms with E-state index >= 15 is 0 Å². The van der Waals surface area contributed by atoms with Crippen molar-refractivity contribution in [1.82, 2.24) is 14.8 Å². The number of carbonyl (C=O) groups excluding carboxylic acids is 1. The van der Waals surface area contributed by atoms with Gasteiger partial charge in [0.1, 0.15) is 12.7 Å². The second-order valence-electron chi connectivity index (χ2n) is 5.30. The van der Waals surface area contributed by atoms with Crippen LogP contribution in [0.15, 0.2) is 61.2 Å². The molecule has 3 aromatic rings. The van der Waals surface area contributed by atoms with Crippen LogP contribution in [0.2, 0.25) is 0 Å². The Morgan fingerprint density at radius 3 is 2.65 bits per heavy atom. The number of hydrogen-bond acceptors (Lipinski definition) is 3. The van der Waals surface area contributed by atoms with E-state index in [1.54, 1.807) is 11.0 Å². The first-order valence-corrected chi connectivity index (χ1v) is 7.56. The molecule has 1 amide bonds. The van der Waals surface area contributed by atoms with Gasteiger partial charge in [-0.15, -0.1) is 0 Å². The van der Waals surface area contributed by atoms with Crippen molar-refractivity contribution < 1.29 is 4.79 Å². The van der Waals surface area contributed by atoms with E-state index in [-0.39, 0.29) is 5.91 Å². The molecule has 23 heavy (non-hydrogen) atoms. The standard InChI is InChI=1S/C18H18N4O/c1-2-14-4-3-5-17(10-14)21-18(23)16-8-6-15(7-9-16)11-22-13-19-12-20-22/h3-10,12-13H,2,11H2,1H3,(H,21,23). The molecule has 0 aliphatic heterocycles. The minimum absolute atomic E-state index is 0.106. The van der Waals surface area contributed by atoms with Gasteiger partial charge in [0, 0.05) is 11.3 Å². The highest BCUT2D eigenvalue weighted by Crippen LogP contribution is 2.13. The second kappa shape index (κ2) is 6.87. The lowest BCUT2D eigenvalue weighted by molar-refractivity contribution is 0.102. The Morgan fingerprint density at radius 2 is 1.96 bits per heavy atom. The number of hydrogen-bond donors (Lipinski definition) is 1. The van der Waals surface area contributed by atoms with Gasteiger partial charge in [-0.1, -0.05) is 31.2 Å². The minimum atomic E-state index is -0.106. The number of rotatable bonds is 5. The van der Waals surface area contributed by atoms with Crippen molar-refractivity contribution in [2.24, 2.45) is 0 Å². The highest BCUT2D eigenvalue weighted by molar-refractivity contribution is 6.04. The Kier molecular flexibility index (Phi) is 4.47. The van der Waals surface area contributed by atoms with Crippen LogP contribution < -0.4 is 5.32 Å². The third kappa shape index (κ3) is 3.83. The fourth-order valence-electron chi connectivity index (χ4n) is 2.34. The predicted molar refractivity (Wildman–Crippen MR) is 89.3 cm³/mol. The van der Waals surface area contributed by atoms with Crippen molar-refractivity contribution >= 4 is 11.6 Å². The summed E-state index contributed by atoms with van der Waals surface area (Å²) in [4.78, 5) is 16.2. The van der Waals surface area contributed by atoms with E-state index in [1.165, 1.54) is 11.9 Å². The van der Waals surface area contributed by atoms with Gasteiger partial charge in [-0.3, -0.25) is 4.79 Å². The minimum Gasteiger partial charge on any atom is -0.322 e. The van der Waals surface area contributed by atoms with Gasteiger partial charge in [0.2, 0.25) is 0 Å². The Morgan fingerprint density at radius 1 is 1.13 bits per heavy atom. The third-order valence-corrected chi connectivity index (χ3v) is 3.62. The molecule has 0 bridgehead atoms. The van der Waals surface area contributed by atoms with Crippen LogP contribution in [0.4, 0.5) is 5.69 Å². The Balaban J connectivity index is 1.67. The molecule has 1 aromatic heterocycles. The Labute approximate surface area is 135 Å². The zero-order chi connectivity index (χ0) is 16.1. The van der Waals surface area contributed by atoms with Crippen molar-refractivity contribution in [2.75, 3.05) is 5.32 Å². The number of anilines is 1. The maximum absolute atomic E-state index is 12.3. The number of aromatic nitrogens is 3. The molecule has 3 rings (SSSR count). The molecule has 1 N–H and O–H groups in total. The van der Waals surface area contributed by atoms with Crippen LogP contribution in [0.5, 0.6) is 0 Å². The molecular formula is C18H18N4O. The van der Waals surface area contributed by atoms with Crippen molar-refractivity contribution in [3.8, 4) is 0 Å². The van der Waals surface area contributed by atoms with E-state index in [9.17, 15) is 4.79 Å². The van der Waals surface area contributed by atoms with Crippen LogP contribution in [0.3, 0.4) is 0 Å². The number of carbonyl (C=O) groups is 1. The summed E-state index contributed by atoms with van der Waals surface area (Å²) in [6.45, 7) is 2.73. The molecule has 0 unspecified atom stereocenters. The fourth-order valence-corrected chi connectivity index (χ4v) is 2.34. The summed E-state index contributed by atoms with van der Waals surface area (Å²) in [5.74, 6) is -0.106. The zero-order valence-corrected chi connectivity index (χ0v) is 12.9. The lowest BCUT2D eigenvalue weighted by Crippen LogP contribution is -2.12. The zero-order valence-electron chi connectivity index (χ0n) is 12.9. The van der Waals surface area contributed by atoms with Gasteiger partial charge in [-0.25, -0.2) is 9.67 Å². The lowest BCUT2D eigenvalue weighted by Gasteiger charge is -2.08. The summed E-state index contributed by atoms with van der Waals surface area (Å²) in [7, 11) is 0. The summed E-state index contributed by atoms with van der Waals surface area (Å²) in [5.41, 5.74) is 3.72. The molecule has 1 heterocycles. The smallest absolute Gasteiger partial charge is 0.255 e. The second-order valence-corrected chi connectivity index (χ2v) is 5.30. The summed E-state index contributed by atoms with van der Waals surface area (Å²) in [5, 5.41) is 7.00. The first-order chi connectivity index (χ1) is 11.2. The van der Waals surface area contributed by atoms with Crippen molar-refractivity contribution in [3.05, 3.63) is 77.9 Å². The molecule has 0 saturated heterocycles. The van der Waals surface area contributed by atoms with Gasteiger partial charge in [-0.05, 0) is 41.8 Å². The van der Waals surface area contributed by atoms with E-state index in [0.29, 0.717) is 12.1 Å². The lowest BCUT2D eigenvalue weighted by atomic mass is 10.1. The predicted octanol–water partition coefficient (Wildman–Crippen LogP) is 3.14. The number of aryl methyl sites for hydroxylation is 1. The third-order valence-electron chi connectivity index (χ3n) is 3.62. The van der Waals surface area contributed by atoms with Gasteiger partial charge < -0.3 is 5.32 Å². The molecule has 5 nitrogen and oxygen atoms in total. The van der Waals surface area contributed by atoms with Crippen LogP contribution in [-0.4, -0.2) is 20.7 Å². The Hall–Kier alpha value is -2.95. The van der Waals surface area contributed by atoms with Gasteiger partial charge in [0.15, 0.2) is 0 Å². The highest BCUT2D eigenvalue weighted by atomic mass is 16.1. The van der Waals surface area contributed by atoms with E-state index in [4.69, 9.17) is 0 Å². The summed E-state index contributed by atoms with van der Waals surface area (Å²) in [6, 6.07) is 15.4. The van der Waals surface area contributed by atoms with E-state index in [2.05, 4.69) is 28.4 Å². The molecule has 116 valence electrons. The average Bonchev–Trinajstić information content (AvgIpc) is 3.08. The molecular weight excluding hydrogens is 288 g/mol. The molecule has 0 atom stereocenters. The van der Waals surface area contributed by atoms with E-state index < -0.39 is 0 Å². The normalized spacial score (nSPS) is 10.5. The molecule has 0 radical (unpaired) electrons. The van der Waals surface area contributed by atoms with Crippen LogP contribution in [-0.2, 0) is 13.0 Å². The van der Waals surface area contributed by atoms with Crippen molar-refractivity contribution in [1.29, 1.82) is 0 Å². The molecule has 0 saturated carbocycles. The largest absolute Gasteiger partial charge is 0.322 e. The number of nitrogens with zero attached hydrogens (tertiary/aromatic N) is 3. The van der Waals surface area contributed by atoms with Gasteiger partial charge in [0.05, 0.1) is 6.54 Å². The SMILES string of the molecule is CCc1cccc(NC(=O)c2ccc(Cn3cncn3)cc2)c1. The van der Waals surface area contributed by atoms with Crippen LogP contribution in [0.1, 0.15) is 28.4 Å². The average molecular weight is 306 g/mol. The quantitative estimate of drug-likeness (QED) is 0.788. The number of benzene rings is 2. The summed E-state index contributed by atoms with van der Waals surface area (Å²) >= 11 is 0.